The van der Waals surface area contributed by atoms with E-state index < -0.39 is 0 Å². The van der Waals surface area contributed by atoms with Crippen LogP contribution < -0.4 is 10.9 Å². The highest BCUT2D eigenvalue weighted by Crippen LogP contribution is 2.30. The molecule has 4 rings (SSSR count). The number of aryl methyl sites for hydroxylation is 2. The minimum Gasteiger partial charge on any atom is -0.366 e. The number of hydrogen-bond acceptors (Lipinski definition) is 5. The number of nitrogens with zero attached hydrogens (tertiary/aromatic N) is 4. The third kappa shape index (κ3) is 3.64. The molecule has 0 bridgehead atoms. The highest BCUT2D eigenvalue weighted by Gasteiger charge is 2.24. The number of hydrogen-bond donors (Lipinski definition) is 1. The van der Waals surface area contributed by atoms with Gasteiger partial charge in [0.2, 0.25) is 0 Å². The zero-order valence-corrected chi connectivity index (χ0v) is 15.6. The first kappa shape index (κ1) is 17.2. The lowest BCUT2D eigenvalue weighted by molar-refractivity contribution is 0.302. The van der Waals surface area contributed by atoms with Gasteiger partial charge in [0.1, 0.15) is 5.82 Å². The first-order valence-corrected chi connectivity index (χ1v) is 9.77. The van der Waals surface area contributed by atoms with Crippen molar-refractivity contribution >= 4 is 5.82 Å². The summed E-state index contributed by atoms with van der Waals surface area (Å²) in [5, 5.41) is 16.8. The zero-order chi connectivity index (χ0) is 18.1. The minimum atomic E-state index is 0.00156. The monoisotopic (exact) mass is 353 g/mol. The Kier molecular flexibility index (Phi) is 4.74. The Morgan fingerprint density at radius 1 is 1.12 bits per heavy atom. The first-order chi connectivity index (χ1) is 12.6. The maximum absolute atomic E-state index is 12.1. The van der Waals surface area contributed by atoms with E-state index >= 15 is 0 Å². The average Bonchev–Trinajstić information content (AvgIpc) is 2.64. The molecule has 6 heteroatoms. The van der Waals surface area contributed by atoms with Gasteiger partial charge in [0.05, 0.1) is 17.4 Å². The van der Waals surface area contributed by atoms with Crippen LogP contribution in [0.3, 0.4) is 0 Å². The van der Waals surface area contributed by atoms with Crippen molar-refractivity contribution in [3.05, 3.63) is 45.5 Å². The van der Waals surface area contributed by atoms with Crippen LogP contribution in [0.4, 0.5) is 5.82 Å². The third-order valence-electron chi connectivity index (χ3n) is 5.76. The molecule has 1 fully saturated rings. The lowest BCUT2D eigenvalue weighted by Gasteiger charge is -2.30. The minimum absolute atomic E-state index is 0.00156. The molecular formula is C20H27N5O. The van der Waals surface area contributed by atoms with Crippen molar-refractivity contribution in [3.8, 4) is 0 Å². The maximum Gasteiger partial charge on any atom is 0.267 e. The summed E-state index contributed by atoms with van der Waals surface area (Å²) in [7, 11) is 0. The molecule has 1 atom stereocenters. The summed E-state index contributed by atoms with van der Waals surface area (Å²) in [6, 6.07) is 6.19. The molecule has 2 aliphatic rings. The molecule has 138 valence electrons. The van der Waals surface area contributed by atoms with Crippen molar-refractivity contribution in [3.63, 3.8) is 0 Å². The maximum atomic E-state index is 12.1. The molecule has 0 saturated heterocycles. The molecule has 26 heavy (non-hydrogen) atoms. The van der Waals surface area contributed by atoms with Crippen molar-refractivity contribution in [1.29, 1.82) is 0 Å². The first-order valence-electron chi connectivity index (χ1n) is 9.77. The fourth-order valence-electron chi connectivity index (χ4n) is 4.23. The largest absolute Gasteiger partial charge is 0.366 e. The number of aromatic nitrogens is 4. The number of rotatable bonds is 3. The SMILES string of the molecule is Cc1ccc(=O)n(C2CCC(Nc3cc4c(nn3)CCC(C)C4)CC2)n1. The molecule has 1 N–H and O–H groups in total. The third-order valence-corrected chi connectivity index (χ3v) is 5.76. The van der Waals surface area contributed by atoms with Crippen LogP contribution in [0.25, 0.3) is 0 Å². The van der Waals surface area contributed by atoms with Gasteiger partial charge >= 0.3 is 0 Å². The molecule has 2 heterocycles. The van der Waals surface area contributed by atoms with Gasteiger partial charge in [-0.1, -0.05) is 6.92 Å². The summed E-state index contributed by atoms with van der Waals surface area (Å²) in [6.07, 6.45) is 7.32. The van der Waals surface area contributed by atoms with E-state index in [0.717, 1.165) is 56.0 Å². The topological polar surface area (TPSA) is 72.7 Å². The summed E-state index contributed by atoms with van der Waals surface area (Å²) in [5.41, 5.74) is 3.41. The van der Waals surface area contributed by atoms with Gasteiger partial charge in [0, 0.05) is 12.1 Å². The molecule has 2 aromatic rings. The van der Waals surface area contributed by atoms with Gasteiger partial charge in [0.15, 0.2) is 0 Å². The van der Waals surface area contributed by atoms with Crippen LogP contribution in [0.2, 0.25) is 0 Å². The molecule has 0 radical (unpaired) electrons. The van der Waals surface area contributed by atoms with E-state index in [2.05, 4.69) is 33.6 Å². The molecule has 2 aromatic heterocycles. The summed E-state index contributed by atoms with van der Waals surface area (Å²) in [5.74, 6) is 1.63. The van der Waals surface area contributed by atoms with Crippen molar-refractivity contribution in [2.75, 3.05) is 5.32 Å². The highest BCUT2D eigenvalue weighted by molar-refractivity contribution is 5.40. The number of fused-ring (bicyclic) bond motifs is 1. The summed E-state index contributed by atoms with van der Waals surface area (Å²) in [6.45, 7) is 4.23. The van der Waals surface area contributed by atoms with E-state index in [1.54, 1.807) is 16.8 Å². The van der Waals surface area contributed by atoms with Crippen molar-refractivity contribution < 1.29 is 0 Å². The standard InChI is InChI=1S/C20H27N5O/c1-13-3-9-18-15(11-13)12-19(23-22-18)21-16-5-7-17(8-6-16)25-20(26)10-4-14(2)24-25/h4,10,12-13,16-17H,3,5-9,11H2,1-2H3,(H,21,23). The van der Waals surface area contributed by atoms with E-state index in [1.807, 2.05) is 6.92 Å². The van der Waals surface area contributed by atoms with Crippen LogP contribution in [-0.4, -0.2) is 26.0 Å². The second-order valence-corrected chi connectivity index (χ2v) is 7.96. The Balaban J connectivity index is 1.39. The summed E-state index contributed by atoms with van der Waals surface area (Å²) < 4.78 is 1.67. The Morgan fingerprint density at radius 2 is 1.92 bits per heavy atom. The Hall–Kier alpha value is -2.24. The summed E-state index contributed by atoms with van der Waals surface area (Å²) in [4.78, 5) is 12.1. The Labute approximate surface area is 154 Å². The average molecular weight is 353 g/mol. The fraction of sp³-hybridized carbons (Fsp3) is 0.600. The number of nitrogens with one attached hydrogen (secondary N) is 1. The van der Waals surface area contributed by atoms with Crippen LogP contribution in [0, 0.1) is 12.8 Å². The lowest BCUT2D eigenvalue weighted by atomic mass is 9.88. The van der Waals surface area contributed by atoms with Crippen molar-refractivity contribution in [2.45, 2.75) is 70.9 Å². The summed E-state index contributed by atoms with van der Waals surface area (Å²) >= 11 is 0. The van der Waals surface area contributed by atoms with Crippen molar-refractivity contribution in [2.24, 2.45) is 5.92 Å². The van der Waals surface area contributed by atoms with Gasteiger partial charge in [-0.25, -0.2) is 4.68 Å². The molecule has 0 amide bonds. The Morgan fingerprint density at radius 3 is 2.73 bits per heavy atom. The van der Waals surface area contributed by atoms with E-state index in [4.69, 9.17) is 0 Å². The van der Waals surface area contributed by atoms with Crippen LogP contribution in [0.1, 0.15) is 62.0 Å². The van der Waals surface area contributed by atoms with Crippen LogP contribution in [0.5, 0.6) is 0 Å². The van der Waals surface area contributed by atoms with Gasteiger partial charge in [-0.15, -0.1) is 5.10 Å². The quantitative estimate of drug-likeness (QED) is 0.918. The van der Waals surface area contributed by atoms with E-state index in [0.29, 0.717) is 6.04 Å². The lowest BCUT2D eigenvalue weighted by Crippen LogP contribution is -2.33. The van der Waals surface area contributed by atoms with Crippen LogP contribution in [-0.2, 0) is 12.8 Å². The predicted octanol–water partition coefficient (Wildman–Crippen LogP) is 3.06. The number of anilines is 1. The van der Waals surface area contributed by atoms with Gasteiger partial charge in [0.25, 0.3) is 5.56 Å². The second-order valence-electron chi connectivity index (χ2n) is 7.96. The molecule has 0 aromatic carbocycles. The van der Waals surface area contributed by atoms with Gasteiger partial charge in [-0.2, -0.15) is 10.2 Å². The molecular weight excluding hydrogens is 326 g/mol. The Bertz CT molecular complexity index is 838. The van der Waals surface area contributed by atoms with E-state index in [-0.39, 0.29) is 11.6 Å². The smallest absolute Gasteiger partial charge is 0.267 e. The molecule has 1 unspecified atom stereocenters. The molecule has 0 aliphatic heterocycles. The predicted molar refractivity (Wildman–Crippen MR) is 101 cm³/mol. The van der Waals surface area contributed by atoms with Gasteiger partial charge in [-0.05, 0) is 75.5 Å². The fourth-order valence-corrected chi connectivity index (χ4v) is 4.23. The van der Waals surface area contributed by atoms with E-state index in [1.165, 1.54) is 17.7 Å². The van der Waals surface area contributed by atoms with Crippen LogP contribution in [0.15, 0.2) is 23.0 Å². The molecule has 6 nitrogen and oxygen atoms in total. The van der Waals surface area contributed by atoms with Gasteiger partial charge in [-0.3, -0.25) is 4.79 Å². The molecule has 0 spiro atoms. The zero-order valence-electron chi connectivity index (χ0n) is 15.6. The molecule has 2 aliphatic carbocycles. The van der Waals surface area contributed by atoms with Crippen molar-refractivity contribution in [1.82, 2.24) is 20.0 Å². The van der Waals surface area contributed by atoms with E-state index in [9.17, 15) is 4.79 Å². The van der Waals surface area contributed by atoms with Crippen LogP contribution >= 0.6 is 0 Å². The highest BCUT2D eigenvalue weighted by atomic mass is 16.1. The van der Waals surface area contributed by atoms with Gasteiger partial charge < -0.3 is 5.32 Å². The second kappa shape index (κ2) is 7.17. The molecule has 1 saturated carbocycles. The normalized spacial score (nSPS) is 25.5.